The molecular formula is C23H13ClN4OS2. The number of nitrogens with zero attached hydrogens (tertiary/aromatic N) is 4. The van der Waals surface area contributed by atoms with Gasteiger partial charge in [0.05, 0.1) is 22.8 Å². The molecule has 0 aliphatic carbocycles. The Kier molecular flexibility index (Phi) is 5.20. The molecule has 150 valence electrons. The molecule has 3 aromatic heterocycles. The quantitative estimate of drug-likeness (QED) is 0.250. The van der Waals surface area contributed by atoms with Gasteiger partial charge in [0.2, 0.25) is 0 Å². The Labute approximate surface area is 190 Å². The summed E-state index contributed by atoms with van der Waals surface area (Å²) in [4.78, 5) is 22.2. The number of fused-ring (bicyclic) bond motifs is 2. The summed E-state index contributed by atoms with van der Waals surface area (Å²) in [6, 6.07) is 18.4. The zero-order valence-electron chi connectivity index (χ0n) is 15.9. The summed E-state index contributed by atoms with van der Waals surface area (Å²) in [5, 5.41) is 13.6. The van der Waals surface area contributed by atoms with Gasteiger partial charge in [-0.05, 0) is 70.9 Å². The van der Waals surface area contributed by atoms with E-state index in [4.69, 9.17) is 21.8 Å². The van der Waals surface area contributed by atoms with Crippen LogP contribution in [0.2, 0.25) is 5.02 Å². The minimum absolute atomic E-state index is 0.240. The molecule has 0 N–H and O–H groups in total. The predicted octanol–water partition coefficient (Wildman–Crippen LogP) is 5.81. The van der Waals surface area contributed by atoms with Crippen LogP contribution in [-0.4, -0.2) is 14.5 Å². The second-order valence-corrected chi connectivity index (χ2v) is 9.05. The highest BCUT2D eigenvalue weighted by atomic mass is 35.5. The Hall–Kier alpha value is -3.18. The predicted molar refractivity (Wildman–Crippen MR) is 126 cm³/mol. The number of thiophene rings is 1. The lowest BCUT2D eigenvalue weighted by molar-refractivity contribution is 0.815. The summed E-state index contributed by atoms with van der Waals surface area (Å²) in [5.74, 6) is 0.634. The van der Waals surface area contributed by atoms with E-state index in [-0.39, 0.29) is 5.56 Å². The fourth-order valence-electron chi connectivity index (χ4n) is 3.32. The van der Waals surface area contributed by atoms with E-state index in [0.717, 1.165) is 10.9 Å². The van der Waals surface area contributed by atoms with Crippen LogP contribution >= 0.6 is 34.7 Å². The summed E-state index contributed by atoms with van der Waals surface area (Å²) < 4.78 is 2.73. The minimum Gasteiger partial charge on any atom is -0.266 e. The van der Waals surface area contributed by atoms with Crippen molar-refractivity contribution in [1.82, 2.24) is 14.5 Å². The first-order chi connectivity index (χ1) is 15.1. The van der Waals surface area contributed by atoms with Gasteiger partial charge in [-0.3, -0.25) is 9.36 Å². The van der Waals surface area contributed by atoms with E-state index in [1.165, 1.54) is 16.5 Å². The Morgan fingerprint density at radius 2 is 2.00 bits per heavy atom. The zero-order chi connectivity index (χ0) is 21.4. The molecule has 5 aromatic rings. The van der Waals surface area contributed by atoms with Crippen molar-refractivity contribution in [2.24, 2.45) is 0 Å². The Bertz CT molecular complexity index is 1530. The lowest BCUT2D eigenvalue weighted by Gasteiger charge is -2.13. The fraction of sp³-hybridized carbons (Fsp3) is 0.0435. The lowest BCUT2D eigenvalue weighted by atomic mass is 10.2. The van der Waals surface area contributed by atoms with Crippen LogP contribution < -0.4 is 5.56 Å². The molecular weight excluding hydrogens is 448 g/mol. The van der Waals surface area contributed by atoms with Gasteiger partial charge in [0.25, 0.3) is 5.56 Å². The third-order valence-electron chi connectivity index (χ3n) is 4.83. The zero-order valence-corrected chi connectivity index (χ0v) is 18.3. The average molecular weight is 461 g/mol. The van der Waals surface area contributed by atoms with Gasteiger partial charge in [-0.2, -0.15) is 5.26 Å². The monoisotopic (exact) mass is 460 g/mol. The molecule has 0 amide bonds. The van der Waals surface area contributed by atoms with Crippen LogP contribution in [0.15, 0.2) is 76.1 Å². The highest BCUT2D eigenvalue weighted by Crippen LogP contribution is 2.33. The van der Waals surface area contributed by atoms with E-state index in [1.807, 2.05) is 18.2 Å². The molecule has 0 spiro atoms. The van der Waals surface area contributed by atoms with Gasteiger partial charge in [0, 0.05) is 21.7 Å². The average Bonchev–Trinajstić information content (AvgIpc) is 3.20. The van der Waals surface area contributed by atoms with Crippen molar-refractivity contribution in [2.45, 2.75) is 10.9 Å². The van der Waals surface area contributed by atoms with Gasteiger partial charge in [-0.15, -0.1) is 11.3 Å². The van der Waals surface area contributed by atoms with Gasteiger partial charge in [-0.25, -0.2) is 9.97 Å². The van der Waals surface area contributed by atoms with Crippen LogP contribution in [0.3, 0.4) is 0 Å². The van der Waals surface area contributed by atoms with E-state index >= 15 is 0 Å². The maximum absolute atomic E-state index is 13.3. The SMILES string of the molecule is N#Cc1ccc(-n2c(SCc3csc4ccc(Cl)cc34)nc3cccnc3c2=O)cc1. The third kappa shape index (κ3) is 3.70. The standard InChI is InChI=1S/C23H13ClN4OS2/c24-16-5-8-20-18(10-16)15(12-30-20)13-31-23-27-19-2-1-9-26-21(19)22(29)28(23)17-6-3-14(11-25)4-7-17/h1-10,12H,13H2. The van der Waals surface area contributed by atoms with Crippen LogP contribution in [0.4, 0.5) is 0 Å². The van der Waals surface area contributed by atoms with E-state index in [1.54, 1.807) is 58.5 Å². The number of nitriles is 1. The number of hydrogen-bond acceptors (Lipinski definition) is 6. The van der Waals surface area contributed by atoms with Crippen LogP contribution in [-0.2, 0) is 5.75 Å². The van der Waals surface area contributed by atoms with Gasteiger partial charge >= 0.3 is 0 Å². The maximum Gasteiger partial charge on any atom is 0.285 e. The van der Waals surface area contributed by atoms with Crippen LogP contribution in [0.1, 0.15) is 11.1 Å². The first-order valence-corrected chi connectivity index (χ1v) is 11.5. The highest BCUT2D eigenvalue weighted by molar-refractivity contribution is 7.98. The van der Waals surface area contributed by atoms with Crippen molar-refractivity contribution < 1.29 is 0 Å². The lowest BCUT2D eigenvalue weighted by Crippen LogP contribution is -2.22. The second-order valence-electron chi connectivity index (χ2n) is 6.75. The summed E-state index contributed by atoms with van der Waals surface area (Å²) in [6.45, 7) is 0. The molecule has 2 aromatic carbocycles. The van der Waals surface area contributed by atoms with Gasteiger partial charge < -0.3 is 0 Å². The van der Waals surface area contributed by atoms with Crippen molar-refractivity contribution in [2.75, 3.05) is 0 Å². The van der Waals surface area contributed by atoms with Crippen LogP contribution in [0.25, 0.3) is 26.8 Å². The van der Waals surface area contributed by atoms with Crippen molar-refractivity contribution in [1.29, 1.82) is 5.26 Å². The molecule has 0 aliphatic heterocycles. The largest absolute Gasteiger partial charge is 0.285 e. The van der Waals surface area contributed by atoms with Crippen molar-refractivity contribution in [3.05, 3.63) is 92.7 Å². The molecule has 0 aliphatic rings. The molecule has 0 saturated heterocycles. The van der Waals surface area contributed by atoms with Gasteiger partial charge in [0.15, 0.2) is 10.7 Å². The minimum atomic E-state index is -0.240. The van der Waals surface area contributed by atoms with Gasteiger partial charge in [0.1, 0.15) is 0 Å². The van der Waals surface area contributed by atoms with E-state index < -0.39 is 0 Å². The van der Waals surface area contributed by atoms with E-state index in [0.29, 0.717) is 38.2 Å². The molecule has 0 fully saturated rings. The Morgan fingerprint density at radius 1 is 1.16 bits per heavy atom. The number of benzene rings is 2. The number of aromatic nitrogens is 3. The van der Waals surface area contributed by atoms with Crippen molar-refractivity contribution in [3.8, 4) is 11.8 Å². The topological polar surface area (TPSA) is 71.6 Å². The maximum atomic E-state index is 13.3. The molecule has 5 nitrogen and oxygen atoms in total. The highest BCUT2D eigenvalue weighted by Gasteiger charge is 2.15. The molecule has 5 rings (SSSR count). The summed E-state index contributed by atoms with van der Waals surface area (Å²) in [6.07, 6.45) is 1.59. The first kappa shape index (κ1) is 19.8. The molecule has 0 unspecified atom stereocenters. The second kappa shape index (κ2) is 8.16. The number of thioether (sulfide) groups is 1. The summed E-state index contributed by atoms with van der Waals surface area (Å²) in [5.41, 5.74) is 2.93. The molecule has 31 heavy (non-hydrogen) atoms. The number of rotatable bonds is 4. The molecule has 0 radical (unpaired) electrons. The molecule has 0 bridgehead atoms. The fourth-order valence-corrected chi connectivity index (χ4v) is 5.54. The smallest absolute Gasteiger partial charge is 0.266 e. The number of hydrogen-bond donors (Lipinski definition) is 0. The van der Waals surface area contributed by atoms with Crippen LogP contribution in [0, 0.1) is 11.3 Å². The van der Waals surface area contributed by atoms with E-state index in [2.05, 4.69) is 16.4 Å². The van der Waals surface area contributed by atoms with Gasteiger partial charge in [-0.1, -0.05) is 23.4 Å². The molecule has 0 saturated carbocycles. The third-order valence-corrected chi connectivity index (χ3v) is 7.06. The van der Waals surface area contributed by atoms with E-state index in [9.17, 15) is 4.79 Å². The summed E-state index contributed by atoms with van der Waals surface area (Å²) >= 11 is 9.34. The Balaban J connectivity index is 1.61. The normalized spacial score (nSPS) is 11.1. The van der Waals surface area contributed by atoms with Crippen molar-refractivity contribution >= 4 is 55.8 Å². The number of halogens is 1. The number of pyridine rings is 1. The van der Waals surface area contributed by atoms with Crippen LogP contribution in [0.5, 0.6) is 0 Å². The first-order valence-electron chi connectivity index (χ1n) is 9.31. The molecule has 0 atom stereocenters. The van der Waals surface area contributed by atoms with Crippen molar-refractivity contribution in [3.63, 3.8) is 0 Å². The molecule has 3 heterocycles. The Morgan fingerprint density at radius 3 is 2.81 bits per heavy atom. The molecule has 8 heteroatoms. The summed E-state index contributed by atoms with van der Waals surface area (Å²) in [7, 11) is 0.